The summed E-state index contributed by atoms with van der Waals surface area (Å²) < 4.78 is 5.37. The molecule has 0 aliphatic carbocycles. The maximum Gasteiger partial charge on any atom is 0.276 e. The lowest BCUT2D eigenvalue weighted by molar-refractivity contribution is -0.385. The van der Waals surface area contributed by atoms with Crippen LogP contribution in [0.2, 0.25) is 0 Å². The number of benzene rings is 1. The Morgan fingerprint density at radius 1 is 1.59 bits per heavy atom. The van der Waals surface area contributed by atoms with Gasteiger partial charge in [-0.3, -0.25) is 14.9 Å². The van der Waals surface area contributed by atoms with Crippen LogP contribution in [0.5, 0.6) is 5.75 Å². The van der Waals surface area contributed by atoms with Crippen LogP contribution < -0.4 is 10.5 Å². The summed E-state index contributed by atoms with van der Waals surface area (Å²) in [6, 6.07) is 4.47. The van der Waals surface area contributed by atoms with Gasteiger partial charge in [-0.1, -0.05) is 13.0 Å². The first-order valence-electron chi connectivity index (χ1n) is 5.17. The average molecular weight is 238 g/mol. The van der Waals surface area contributed by atoms with Gasteiger partial charge in [0.05, 0.1) is 10.5 Å². The number of ether oxygens (including phenoxy) is 1. The number of nitro benzene ring substituents is 1. The molecule has 6 heteroatoms. The van der Waals surface area contributed by atoms with E-state index in [1.54, 1.807) is 19.9 Å². The zero-order valence-electron chi connectivity index (χ0n) is 9.67. The monoisotopic (exact) mass is 238 g/mol. The van der Waals surface area contributed by atoms with Crippen molar-refractivity contribution in [1.29, 1.82) is 0 Å². The number of nitro groups is 1. The van der Waals surface area contributed by atoms with Crippen LogP contribution in [0.1, 0.15) is 18.9 Å². The number of hydrogen-bond acceptors (Lipinski definition) is 4. The Hall–Kier alpha value is -2.11. The van der Waals surface area contributed by atoms with Crippen molar-refractivity contribution in [3.63, 3.8) is 0 Å². The van der Waals surface area contributed by atoms with Gasteiger partial charge in [-0.05, 0) is 19.4 Å². The Kier molecular flexibility index (Phi) is 4.03. The van der Waals surface area contributed by atoms with E-state index in [0.717, 1.165) is 0 Å². The van der Waals surface area contributed by atoms with Crippen molar-refractivity contribution in [2.24, 2.45) is 5.73 Å². The van der Waals surface area contributed by atoms with Crippen molar-refractivity contribution in [3.05, 3.63) is 33.9 Å². The summed E-state index contributed by atoms with van der Waals surface area (Å²) in [6.07, 6.45) is -0.354. The quantitative estimate of drug-likeness (QED) is 0.621. The molecule has 1 amide bonds. The Bertz CT molecular complexity index is 445. The fourth-order valence-electron chi connectivity index (χ4n) is 1.42. The second-order valence-corrected chi connectivity index (χ2v) is 3.57. The van der Waals surface area contributed by atoms with Crippen molar-refractivity contribution < 1.29 is 14.5 Å². The van der Waals surface area contributed by atoms with Gasteiger partial charge in [0.15, 0.2) is 6.10 Å². The summed E-state index contributed by atoms with van der Waals surface area (Å²) in [5.74, 6) is -0.275. The molecule has 0 aliphatic rings. The van der Waals surface area contributed by atoms with Crippen LogP contribution in [-0.4, -0.2) is 16.9 Å². The van der Waals surface area contributed by atoms with Crippen LogP contribution in [0.25, 0.3) is 0 Å². The molecule has 0 spiro atoms. The van der Waals surface area contributed by atoms with Crippen LogP contribution in [0.4, 0.5) is 5.69 Å². The molecule has 0 fully saturated rings. The van der Waals surface area contributed by atoms with E-state index in [0.29, 0.717) is 17.7 Å². The van der Waals surface area contributed by atoms with E-state index in [-0.39, 0.29) is 5.69 Å². The van der Waals surface area contributed by atoms with Crippen LogP contribution >= 0.6 is 0 Å². The highest BCUT2D eigenvalue weighted by molar-refractivity contribution is 5.79. The van der Waals surface area contributed by atoms with Gasteiger partial charge in [-0.25, -0.2) is 0 Å². The molecule has 0 heterocycles. The van der Waals surface area contributed by atoms with Gasteiger partial charge in [0.25, 0.3) is 11.6 Å². The second-order valence-electron chi connectivity index (χ2n) is 3.57. The summed E-state index contributed by atoms with van der Waals surface area (Å²) in [5, 5.41) is 10.7. The Labute approximate surface area is 98.5 Å². The van der Waals surface area contributed by atoms with Gasteiger partial charge in [0.2, 0.25) is 0 Å². The molecule has 92 valence electrons. The van der Waals surface area contributed by atoms with E-state index in [2.05, 4.69) is 0 Å². The lowest BCUT2D eigenvalue weighted by Gasteiger charge is -2.15. The first-order valence-corrected chi connectivity index (χ1v) is 5.17. The molecule has 0 aromatic heterocycles. The van der Waals surface area contributed by atoms with Crippen molar-refractivity contribution in [2.75, 3.05) is 0 Å². The van der Waals surface area contributed by atoms with Crippen molar-refractivity contribution in [1.82, 2.24) is 0 Å². The van der Waals surface area contributed by atoms with E-state index < -0.39 is 16.9 Å². The predicted octanol–water partition coefficient (Wildman–Crippen LogP) is 1.55. The lowest BCUT2D eigenvalue weighted by Crippen LogP contribution is -2.33. The van der Waals surface area contributed by atoms with Gasteiger partial charge in [0.1, 0.15) is 5.75 Å². The summed E-state index contributed by atoms with van der Waals surface area (Å²) in [7, 11) is 0. The number of carbonyl (C=O) groups is 1. The smallest absolute Gasteiger partial charge is 0.276 e. The molecular weight excluding hydrogens is 224 g/mol. The van der Waals surface area contributed by atoms with Crippen molar-refractivity contribution >= 4 is 11.6 Å². The molecule has 1 aromatic rings. The van der Waals surface area contributed by atoms with Crippen LogP contribution in [0.3, 0.4) is 0 Å². The maximum atomic E-state index is 11.0. The molecule has 1 aromatic carbocycles. The van der Waals surface area contributed by atoms with Gasteiger partial charge in [0, 0.05) is 6.07 Å². The number of primary amides is 1. The topological polar surface area (TPSA) is 95.5 Å². The van der Waals surface area contributed by atoms with Gasteiger partial charge in [-0.2, -0.15) is 0 Å². The molecule has 17 heavy (non-hydrogen) atoms. The molecular formula is C11H14N2O4. The van der Waals surface area contributed by atoms with Crippen LogP contribution in [0, 0.1) is 17.0 Å². The fourth-order valence-corrected chi connectivity index (χ4v) is 1.42. The minimum Gasteiger partial charge on any atom is -0.480 e. The summed E-state index contributed by atoms with van der Waals surface area (Å²) in [6.45, 7) is 3.32. The Morgan fingerprint density at radius 2 is 2.24 bits per heavy atom. The average Bonchev–Trinajstić information content (AvgIpc) is 2.26. The lowest BCUT2D eigenvalue weighted by atomic mass is 10.1. The first-order chi connectivity index (χ1) is 7.97. The molecule has 1 rings (SSSR count). The van der Waals surface area contributed by atoms with Crippen LogP contribution in [-0.2, 0) is 4.79 Å². The Morgan fingerprint density at radius 3 is 2.71 bits per heavy atom. The second kappa shape index (κ2) is 5.29. The largest absolute Gasteiger partial charge is 0.480 e. The molecule has 6 nitrogen and oxygen atoms in total. The highest BCUT2D eigenvalue weighted by atomic mass is 16.6. The summed E-state index contributed by atoms with van der Waals surface area (Å²) >= 11 is 0. The van der Waals surface area contributed by atoms with E-state index >= 15 is 0 Å². The van der Waals surface area contributed by atoms with Gasteiger partial charge >= 0.3 is 0 Å². The highest BCUT2D eigenvalue weighted by Crippen LogP contribution is 2.27. The number of rotatable bonds is 5. The number of carbonyl (C=O) groups excluding carboxylic acids is 1. The normalized spacial score (nSPS) is 11.9. The third-order valence-electron chi connectivity index (χ3n) is 2.41. The Balaban J connectivity index is 3.03. The number of nitrogens with zero attached hydrogens (tertiary/aromatic N) is 1. The van der Waals surface area contributed by atoms with Crippen molar-refractivity contribution in [2.45, 2.75) is 26.4 Å². The molecule has 0 saturated carbocycles. The van der Waals surface area contributed by atoms with E-state index in [1.165, 1.54) is 12.1 Å². The van der Waals surface area contributed by atoms with E-state index in [9.17, 15) is 14.9 Å². The molecule has 2 N–H and O–H groups in total. The van der Waals surface area contributed by atoms with Crippen LogP contribution in [0.15, 0.2) is 18.2 Å². The van der Waals surface area contributed by atoms with Gasteiger partial charge in [-0.15, -0.1) is 0 Å². The minimum atomic E-state index is -0.768. The number of nitrogens with two attached hydrogens (primary N) is 1. The van der Waals surface area contributed by atoms with Crippen molar-refractivity contribution in [3.8, 4) is 5.75 Å². The molecule has 0 radical (unpaired) electrons. The third kappa shape index (κ3) is 2.93. The maximum absolute atomic E-state index is 11.0. The molecule has 0 aliphatic heterocycles. The minimum absolute atomic E-state index is 0.0400. The highest BCUT2D eigenvalue weighted by Gasteiger charge is 2.19. The fraction of sp³-hybridized carbons (Fsp3) is 0.364. The standard InChI is InChI=1S/C11H14N2O4/c1-3-9(11(12)14)17-10-6-4-5-8(7(10)2)13(15)16/h4-6,9H,3H2,1-2H3,(H2,12,14). The first kappa shape index (κ1) is 13.0. The third-order valence-corrected chi connectivity index (χ3v) is 2.41. The zero-order chi connectivity index (χ0) is 13.0. The zero-order valence-corrected chi connectivity index (χ0v) is 9.67. The number of amides is 1. The molecule has 0 saturated heterocycles. The molecule has 0 bridgehead atoms. The van der Waals surface area contributed by atoms with E-state index in [4.69, 9.17) is 10.5 Å². The molecule has 1 atom stereocenters. The SMILES string of the molecule is CCC(Oc1cccc([N+](=O)[O-])c1C)C(N)=O. The van der Waals surface area contributed by atoms with E-state index in [1.807, 2.05) is 0 Å². The predicted molar refractivity (Wildman–Crippen MR) is 61.7 cm³/mol. The molecule has 1 unspecified atom stereocenters. The summed E-state index contributed by atoms with van der Waals surface area (Å²) in [4.78, 5) is 21.3. The van der Waals surface area contributed by atoms with Gasteiger partial charge < -0.3 is 10.5 Å². The summed E-state index contributed by atoms with van der Waals surface area (Å²) in [5.41, 5.74) is 5.49. The number of hydrogen-bond donors (Lipinski definition) is 1.